The highest BCUT2D eigenvalue weighted by molar-refractivity contribution is 5.77. The first-order valence-electron chi connectivity index (χ1n) is 6.81. The molecule has 0 unspecified atom stereocenters. The zero-order chi connectivity index (χ0) is 12.3. The molecule has 4 heteroatoms. The van der Waals surface area contributed by atoms with Crippen molar-refractivity contribution < 1.29 is 9.90 Å². The molecule has 2 saturated carbocycles. The van der Waals surface area contributed by atoms with Crippen molar-refractivity contribution in [2.45, 2.75) is 63.0 Å². The van der Waals surface area contributed by atoms with Gasteiger partial charge in [0.25, 0.3) is 0 Å². The second-order valence-electron chi connectivity index (χ2n) is 5.90. The molecule has 2 fully saturated rings. The molecule has 0 bridgehead atoms. The number of carbonyl (C=O) groups is 1. The molecule has 2 aliphatic carbocycles. The number of amides is 1. The van der Waals surface area contributed by atoms with Crippen molar-refractivity contribution in [3.8, 4) is 0 Å². The molecule has 0 spiro atoms. The van der Waals surface area contributed by atoms with E-state index in [1.54, 1.807) is 0 Å². The lowest BCUT2D eigenvalue weighted by Crippen LogP contribution is -2.47. The molecule has 0 aromatic heterocycles. The van der Waals surface area contributed by atoms with Crippen molar-refractivity contribution in [2.75, 3.05) is 6.54 Å². The van der Waals surface area contributed by atoms with Gasteiger partial charge in [-0.3, -0.25) is 4.79 Å². The maximum absolute atomic E-state index is 11.8. The summed E-state index contributed by atoms with van der Waals surface area (Å²) in [5, 5.41) is 12.1. The maximum atomic E-state index is 11.8. The average Bonchev–Trinajstić information content (AvgIpc) is 2.23. The quantitative estimate of drug-likeness (QED) is 0.684. The van der Waals surface area contributed by atoms with Crippen LogP contribution in [-0.2, 0) is 4.79 Å². The van der Waals surface area contributed by atoms with Gasteiger partial charge in [-0.25, -0.2) is 0 Å². The lowest BCUT2D eigenvalue weighted by Gasteiger charge is -2.34. The summed E-state index contributed by atoms with van der Waals surface area (Å²) in [5.74, 6) is 0.546. The summed E-state index contributed by atoms with van der Waals surface area (Å²) in [7, 11) is 0. The SMILES string of the molecule is NC1(CC(=O)NCC2CC(O)C2)CCCCC1. The molecular weight excluding hydrogens is 216 g/mol. The molecule has 0 aromatic carbocycles. The summed E-state index contributed by atoms with van der Waals surface area (Å²) in [5.41, 5.74) is 5.97. The van der Waals surface area contributed by atoms with Gasteiger partial charge in [0.05, 0.1) is 6.10 Å². The molecule has 2 rings (SSSR count). The Morgan fingerprint density at radius 3 is 2.53 bits per heavy atom. The summed E-state index contributed by atoms with van der Waals surface area (Å²) in [6.07, 6.45) is 7.48. The number of hydrogen-bond acceptors (Lipinski definition) is 3. The van der Waals surface area contributed by atoms with Gasteiger partial charge >= 0.3 is 0 Å². The van der Waals surface area contributed by atoms with E-state index in [1.165, 1.54) is 6.42 Å². The lowest BCUT2D eigenvalue weighted by molar-refractivity contribution is -0.123. The number of hydrogen-bond donors (Lipinski definition) is 3. The van der Waals surface area contributed by atoms with Crippen LogP contribution in [0.2, 0.25) is 0 Å². The first kappa shape index (κ1) is 12.8. The predicted molar refractivity (Wildman–Crippen MR) is 66.4 cm³/mol. The molecule has 2 aliphatic rings. The highest BCUT2D eigenvalue weighted by Gasteiger charge is 2.31. The Morgan fingerprint density at radius 1 is 1.29 bits per heavy atom. The van der Waals surface area contributed by atoms with E-state index >= 15 is 0 Å². The minimum Gasteiger partial charge on any atom is -0.393 e. The average molecular weight is 240 g/mol. The zero-order valence-electron chi connectivity index (χ0n) is 10.5. The molecule has 98 valence electrons. The normalized spacial score (nSPS) is 31.6. The fourth-order valence-electron chi connectivity index (χ4n) is 2.94. The standard InChI is InChI=1S/C13H24N2O2/c14-13(4-2-1-3-5-13)8-12(17)15-9-10-6-11(16)7-10/h10-11,16H,1-9,14H2,(H,15,17). The fourth-order valence-corrected chi connectivity index (χ4v) is 2.94. The third-order valence-corrected chi connectivity index (χ3v) is 4.16. The van der Waals surface area contributed by atoms with E-state index in [4.69, 9.17) is 10.8 Å². The second-order valence-corrected chi connectivity index (χ2v) is 5.90. The number of aliphatic hydroxyl groups is 1. The van der Waals surface area contributed by atoms with Gasteiger partial charge in [-0.2, -0.15) is 0 Å². The van der Waals surface area contributed by atoms with Crippen LogP contribution in [0.3, 0.4) is 0 Å². The van der Waals surface area contributed by atoms with E-state index < -0.39 is 0 Å². The lowest BCUT2D eigenvalue weighted by atomic mass is 9.79. The third kappa shape index (κ3) is 3.68. The molecule has 0 atom stereocenters. The predicted octanol–water partition coefficient (Wildman–Crippen LogP) is 0.925. The highest BCUT2D eigenvalue weighted by Crippen LogP contribution is 2.29. The number of nitrogens with one attached hydrogen (secondary N) is 1. The van der Waals surface area contributed by atoms with Crippen molar-refractivity contribution in [3.05, 3.63) is 0 Å². The van der Waals surface area contributed by atoms with E-state index in [-0.39, 0.29) is 17.6 Å². The molecule has 4 nitrogen and oxygen atoms in total. The molecule has 1 amide bonds. The number of carbonyl (C=O) groups excluding carboxylic acids is 1. The van der Waals surface area contributed by atoms with Crippen LogP contribution in [-0.4, -0.2) is 29.2 Å². The van der Waals surface area contributed by atoms with Gasteiger partial charge in [0.1, 0.15) is 0 Å². The van der Waals surface area contributed by atoms with Crippen LogP contribution in [0.4, 0.5) is 0 Å². The van der Waals surface area contributed by atoms with Crippen LogP contribution < -0.4 is 11.1 Å². The van der Waals surface area contributed by atoms with Crippen molar-refractivity contribution in [3.63, 3.8) is 0 Å². The highest BCUT2D eigenvalue weighted by atomic mass is 16.3. The molecular formula is C13H24N2O2. The van der Waals surface area contributed by atoms with Crippen LogP contribution in [0.25, 0.3) is 0 Å². The Labute approximate surface area is 103 Å². The summed E-state index contributed by atoms with van der Waals surface area (Å²) in [6.45, 7) is 0.700. The Morgan fingerprint density at radius 2 is 1.94 bits per heavy atom. The summed E-state index contributed by atoms with van der Waals surface area (Å²) < 4.78 is 0. The van der Waals surface area contributed by atoms with Gasteiger partial charge < -0.3 is 16.2 Å². The van der Waals surface area contributed by atoms with Gasteiger partial charge in [0, 0.05) is 18.5 Å². The van der Waals surface area contributed by atoms with Crippen LogP contribution in [0, 0.1) is 5.92 Å². The molecule has 0 aromatic rings. The number of rotatable bonds is 4. The molecule has 0 radical (unpaired) electrons. The van der Waals surface area contributed by atoms with E-state index in [1.807, 2.05) is 0 Å². The topological polar surface area (TPSA) is 75.4 Å². The summed E-state index contributed by atoms with van der Waals surface area (Å²) in [4.78, 5) is 11.8. The molecule has 4 N–H and O–H groups in total. The van der Waals surface area contributed by atoms with E-state index in [9.17, 15) is 4.79 Å². The van der Waals surface area contributed by atoms with Crippen LogP contribution >= 0.6 is 0 Å². The third-order valence-electron chi connectivity index (χ3n) is 4.16. The summed E-state index contributed by atoms with van der Waals surface area (Å²) in [6, 6.07) is 0. The number of aliphatic hydroxyl groups excluding tert-OH is 1. The van der Waals surface area contributed by atoms with Gasteiger partial charge in [-0.15, -0.1) is 0 Å². The van der Waals surface area contributed by atoms with Crippen molar-refractivity contribution in [1.82, 2.24) is 5.32 Å². The number of nitrogens with two attached hydrogens (primary N) is 1. The second kappa shape index (κ2) is 5.36. The minimum atomic E-state index is -0.262. The monoisotopic (exact) mass is 240 g/mol. The van der Waals surface area contributed by atoms with Gasteiger partial charge in [0.2, 0.25) is 5.91 Å². The van der Waals surface area contributed by atoms with Gasteiger partial charge in [0.15, 0.2) is 0 Å². The maximum Gasteiger partial charge on any atom is 0.221 e. The Bertz CT molecular complexity index is 269. The van der Waals surface area contributed by atoms with E-state index in [0.717, 1.165) is 38.5 Å². The first-order valence-corrected chi connectivity index (χ1v) is 6.81. The molecule has 0 aliphatic heterocycles. The minimum absolute atomic E-state index is 0.0794. The first-order chi connectivity index (χ1) is 8.07. The Hall–Kier alpha value is -0.610. The van der Waals surface area contributed by atoms with Crippen LogP contribution in [0.1, 0.15) is 51.4 Å². The van der Waals surface area contributed by atoms with Gasteiger partial charge in [-0.1, -0.05) is 19.3 Å². The van der Waals surface area contributed by atoms with Crippen molar-refractivity contribution >= 4 is 5.91 Å². The van der Waals surface area contributed by atoms with E-state index in [2.05, 4.69) is 5.32 Å². The Kier molecular flexibility index (Phi) is 4.05. The van der Waals surface area contributed by atoms with Crippen LogP contribution in [0.15, 0.2) is 0 Å². The molecule has 17 heavy (non-hydrogen) atoms. The van der Waals surface area contributed by atoms with Gasteiger partial charge in [-0.05, 0) is 31.6 Å². The molecule has 0 saturated heterocycles. The largest absolute Gasteiger partial charge is 0.393 e. The van der Waals surface area contributed by atoms with E-state index in [0.29, 0.717) is 18.9 Å². The smallest absolute Gasteiger partial charge is 0.221 e. The zero-order valence-corrected chi connectivity index (χ0v) is 10.5. The van der Waals surface area contributed by atoms with Crippen molar-refractivity contribution in [1.29, 1.82) is 0 Å². The summed E-state index contributed by atoms with van der Waals surface area (Å²) >= 11 is 0. The molecule has 0 heterocycles. The Balaban J connectivity index is 1.66. The fraction of sp³-hybridized carbons (Fsp3) is 0.923. The van der Waals surface area contributed by atoms with Crippen molar-refractivity contribution in [2.24, 2.45) is 11.7 Å². The van der Waals surface area contributed by atoms with Crippen LogP contribution in [0.5, 0.6) is 0 Å².